The fourth-order valence-corrected chi connectivity index (χ4v) is 2.24. The summed E-state index contributed by atoms with van der Waals surface area (Å²) in [6.45, 7) is 2.83. The zero-order valence-electron chi connectivity index (χ0n) is 10.9. The minimum atomic E-state index is 0.809. The summed E-state index contributed by atoms with van der Waals surface area (Å²) >= 11 is 0. The molecule has 2 aromatic carbocycles. The van der Waals surface area contributed by atoms with Gasteiger partial charge in [-0.25, -0.2) is 0 Å². The molecular weight excluding hydrogens is 220 g/mol. The first-order valence-corrected chi connectivity index (χ1v) is 6.79. The predicted octanol–water partition coefficient (Wildman–Crippen LogP) is 3.06. The molecule has 2 rings (SSSR count). The number of nitrogens with two attached hydrogens (primary N) is 1. The van der Waals surface area contributed by atoms with E-state index < -0.39 is 0 Å². The van der Waals surface area contributed by atoms with Crippen LogP contribution in [-0.4, -0.2) is 13.1 Å². The molecule has 18 heavy (non-hydrogen) atoms. The van der Waals surface area contributed by atoms with Gasteiger partial charge < -0.3 is 11.1 Å². The SMILES string of the molecule is NCCCCCNCc1cccc2ccccc12. The molecule has 0 aliphatic carbocycles. The highest BCUT2D eigenvalue weighted by Crippen LogP contribution is 2.18. The highest BCUT2D eigenvalue weighted by molar-refractivity contribution is 5.85. The van der Waals surface area contributed by atoms with Crippen LogP contribution in [0.5, 0.6) is 0 Å². The van der Waals surface area contributed by atoms with Crippen LogP contribution in [0, 0.1) is 0 Å². The van der Waals surface area contributed by atoms with Gasteiger partial charge in [0, 0.05) is 6.54 Å². The maximum Gasteiger partial charge on any atom is 0.0211 e. The summed E-state index contributed by atoms with van der Waals surface area (Å²) in [5.74, 6) is 0. The maximum absolute atomic E-state index is 5.48. The van der Waals surface area contributed by atoms with E-state index in [4.69, 9.17) is 5.73 Å². The lowest BCUT2D eigenvalue weighted by Crippen LogP contribution is -2.15. The van der Waals surface area contributed by atoms with E-state index in [1.807, 2.05) is 0 Å². The van der Waals surface area contributed by atoms with Crippen LogP contribution in [0.25, 0.3) is 10.8 Å². The van der Waals surface area contributed by atoms with Gasteiger partial charge in [-0.1, -0.05) is 48.9 Å². The van der Waals surface area contributed by atoms with Crippen LogP contribution in [0.4, 0.5) is 0 Å². The standard InChI is InChI=1S/C16H22N2/c17-11-4-1-5-12-18-13-15-9-6-8-14-7-2-3-10-16(14)15/h2-3,6-10,18H,1,4-5,11-13,17H2. The van der Waals surface area contributed by atoms with E-state index in [0.717, 1.165) is 26.1 Å². The van der Waals surface area contributed by atoms with Gasteiger partial charge in [0.1, 0.15) is 0 Å². The van der Waals surface area contributed by atoms with Crippen molar-refractivity contribution in [3.8, 4) is 0 Å². The first-order valence-electron chi connectivity index (χ1n) is 6.79. The molecule has 2 heteroatoms. The zero-order valence-corrected chi connectivity index (χ0v) is 10.9. The highest BCUT2D eigenvalue weighted by Gasteiger charge is 1.99. The molecule has 0 unspecified atom stereocenters. The molecule has 0 saturated heterocycles. The number of hydrogen-bond donors (Lipinski definition) is 2. The van der Waals surface area contributed by atoms with E-state index >= 15 is 0 Å². The smallest absolute Gasteiger partial charge is 0.0211 e. The molecule has 0 amide bonds. The van der Waals surface area contributed by atoms with Crippen LogP contribution in [0.1, 0.15) is 24.8 Å². The van der Waals surface area contributed by atoms with Crippen LogP contribution in [0.2, 0.25) is 0 Å². The molecule has 0 aliphatic rings. The summed E-state index contributed by atoms with van der Waals surface area (Å²) in [6, 6.07) is 15.1. The Morgan fingerprint density at radius 1 is 0.889 bits per heavy atom. The molecule has 96 valence electrons. The van der Waals surface area contributed by atoms with E-state index in [1.165, 1.54) is 29.2 Å². The van der Waals surface area contributed by atoms with Crippen molar-refractivity contribution < 1.29 is 0 Å². The normalized spacial score (nSPS) is 10.9. The summed E-state index contributed by atoms with van der Waals surface area (Å²) in [7, 11) is 0. The van der Waals surface area contributed by atoms with Gasteiger partial charge in [0.05, 0.1) is 0 Å². The summed E-state index contributed by atoms with van der Waals surface area (Å²) < 4.78 is 0. The first-order chi connectivity index (χ1) is 8.92. The van der Waals surface area contributed by atoms with Crippen molar-refractivity contribution in [3.63, 3.8) is 0 Å². The molecular formula is C16H22N2. The second kappa shape index (κ2) is 7.14. The van der Waals surface area contributed by atoms with Gasteiger partial charge in [-0.15, -0.1) is 0 Å². The first kappa shape index (κ1) is 13.1. The van der Waals surface area contributed by atoms with Crippen LogP contribution >= 0.6 is 0 Å². The monoisotopic (exact) mass is 242 g/mol. The molecule has 0 heterocycles. The van der Waals surface area contributed by atoms with E-state index in [2.05, 4.69) is 47.8 Å². The molecule has 0 saturated carbocycles. The van der Waals surface area contributed by atoms with Crippen LogP contribution in [0.15, 0.2) is 42.5 Å². The lowest BCUT2D eigenvalue weighted by Gasteiger charge is -2.08. The molecule has 0 bridgehead atoms. The second-order valence-corrected chi connectivity index (χ2v) is 4.66. The van der Waals surface area contributed by atoms with Gasteiger partial charge in [-0.3, -0.25) is 0 Å². The Bertz CT molecular complexity index is 474. The van der Waals surface area contributed by atoms with E-state index in [9.17, 15) is 0 Å². The van der Waals surface area contributed by atoms with Gasteiger partial charge in [0.25, 0.3) is 0 Å². The molecule has 0 aromatic heterocycles. The van der Waals surface area contributed by atoms with Crippen molar-refractivity contribution in [3.05, 3.63) is 48.0 Å². The van der Waals surface area contributed by atoms with Gasteiger partial charge in [0.15, 0.2) is 0 Å². The predicted molar refractivity (Wildman–Crippen MR) is 78.6 cm³/mol. The lowest BCUT2D eigenvalue weighted by atomic mass is 10.0. The molecule has 0 atom stereocenters. The zero-order chi connectivity index (χ0) is 12.6. The average Bonchev–Trinajstić information content (AvgIpc) is 2.43. The van der Waals surface area contributed by atoms with Crippen LogP contribution in [-0.2, 0) is 6.54 Å². The van der Waals surface area contributed by atoms with E-state index in [-0.39, 0.29) is 0 Å². The Kier molecular flexibility index (Phi) is 5.18. The summed E-state index contributed by atoms with van der Waals surface area (Å²) in [5, 5.41) is 6.19. The van der Waals surface area contributed by atoms with Crippen molar-refractivity contribution in [1.82, 2.24) is 5.32 Å². The Hall–Kier alpha value is -1.38. The van der Waals surface area contributed by atoms with Crippen LogP contribution in [0.3, 0.4) is 0 Å². The van der Waals surface area contributed by atoms with Gasteiger partial charge in [-0.2, -0.15) is 0 Å². The summed E-state index contributed by atoms with van der Waals surface area (Å²) in [6.07, 6.45) is 3.57. The third-order valence-electron chi connectivity index (χ3n) is 3.25. The number of unbranched alkanes of at least 4 members (excludes halogenated alkanes) is 2. The topological polar surface area (TPSA) is 38.0 Å². The fraction of sp³-hybridized carbons (Fsp3) is 0.375. The lowest BCUT2D eigenvalue weighted by molar-refractivity contribution is 0.608. The van der Waals surface area contributed by atoms with Crippen molar-refractivity contribution >= 4 is 10.8 Å². The quantitative estimate of drug-likeness (QED) is 0.732. The number of fused-ring (bicyclic) bond motifs is 1. The molecule has 0 aliphatic heterocycles. The van der Waals surface area contributed by atoms with Crippen molar-refractivity contribution in [2.75, 3.05) is 13.1 Å². The van der Waals surface area contributed by atoms with Crippen molar-refractivity contribution in [2.45, 2.75) is 25.8 Å². The molecule has 0 radical (unpaired) electrons. The second-order valence-electron chi connectivity index (χ2n) is 4.66. The number of hydrogen-bond acceptors (Lipinski definition) is 2. The van der Waals surface area contributed by atoms with Crippen LogP contribution < -0.4 is 11.1 Å². The maximum atomic E-state index is 5.48. The molecule has 2 nitrogen and oxygen atoms in total. The third-order valence-corrected chi connectivity index (χ3v) is 3.25. The fourth-order valence-electron chi connectivity index (χ4n) is 2.24. The van der Waals surface area contributed by atoms with Crippen molar-refractivity contribution in [1.29, 1.82) is 0 Å². The van der Waals surface area contributed by atoms with E-state index in [0.29, 0.717) is 0 Å². The van der Waals surface area contributed by atoms with Crippen molar-refractivity contribution in [2.24, 2.45) is 5.73 Å². The molecule has 2 aromatic rings. The van der Waals surface area contributed by atoms with Gasteiger partial charge in [0.2, 0.25) is 0 Å². The van der Waals surface area contributed by atoms with Gasteiger partial charge >= 0.3 is 0 Å². The largest absolute Gasteiger partial charge is 0.330 e. The van der Waals surface area contributed by atoms with Gasteiger partial charge in [-0.05, 0) is 42.3 Å². The third kappa shape index (κ3) is 3.56. The Morgan fingerprint density at radius 2 is 1.72 bits per heavy atom. The average molecular weight is 242 g/mol. The minimum Gasteiger partial charge on any atom is -0.330 e. The number of benzene rings is 2. The molecule has 0 fully saturated rings. The summed E-state index contributed by atoms with van der Waals surface area (Å²) in [4.78, 5) is 0. The number of rotatable bonds is 7. The highest BCUT2D eigenvalue weighted by atomic mass is 14.8. The molecule has 0 spiro atoms. The molecule has 3 N–H and O–H groups in total. The Balaban J connectivity index is 1.88. The van der Waals surface area contributed by atoms with E-state index in [1.54, 1.807) is 0 Å². The Labute approximate surface area is 109 Å². The number of nitrogens with one attached hydrogen (secondary N) is 1. The summed E-state index contributed by atoms with van der Waals surface area (Å²) in [5.41, 5.74) is 6.86. The minimum absolute atomic E-state index is 0.809. The Morgan fingerprint density at radius 3 is 2.61 bits per heavy atom.